The van der Waals surface area contributed by atoms with Crippen molar-refractivity contribution in [2.24, 2.45) is 11.7 Å². The molecule has 20 heavy (non-hydrogen) atoms. The van der Waals surface area contributed by atoms with E-state index in [9.17, 15) is 4.79 Å². The minimum Gasteiger partial charge on any atom is -0.354 e. The highest BCUT2D eigenvalue weighted by atomic mass is 32.2. The lowest BCUT2D eigenvalue weighted by Gasteiger charge is -2.22. The molecule has 1 aromatic rings. The van der Waals surface area contributed by atoms with Gasteiger partial charge in [0.2, 0.25) is 5.91 Å². The number of carbonyl (C=O) groups excluding carboxylic acids is 1. The third kappa shape index (κ3) is 5.51. The molecule has 0 aliphatic heterocycles. The van der Waals surface area contributed by atoms with Gasteiger partial charge in [-0.25, -0.2) is 0 Å². The maximum atomic E-state index is 11.9. The highest BCUT2D eigenvalue weighted by molar-refractivity contribution is 7.98. The monoisotopic (exact) mass is 295 g/mol. The van der Waals surface area contributed by atoms with Gasteiger partial charge in [-0.1, -0.05) is 19.9 Å². The van der Waals surface area contributed by atoms with E-state index in [1.54, 1.807) is 18.0 Å². The van der Waals surface area contributed by atoms with E-state index in [1.807, 2.05) is 18.5 Å². The number of pyridine rings is 1. The summed E-state index contributed by atoms with van der Waals surface area (Å²) >= 11 is 1.71. The van der Waals surface area contributed by atoms with E-state index in [0.717, 1.165) is 11.3 Å². The second-order valence-electron chi connectivity index (χ2n) is 5.27. The number of hydrogen-bond acceptors (Lipinski definition) is 4. The molecule has 0 aliphatic carbocycles. The molecule has 1 heterocycles. The minimum atomic E-state index is -0.413. The average molecular weight is 295 g/mol. The molecule has 112 valence electrons. The van der Waals surface area contributed by atoms with Crippen LogP contribution in [0.4, 0.5) is 0 Å². The molecule has 1 amide bonds. The van der Waals surface area contributed by atoms with E-state index in [4.69, 9.17) is 5.73 Å². The van der Waals surface area contributed by atoms with Crippen molar-refractivity contribution in [3.05, 3.63) is 30.1 Å². The van der Waals surface area contributed by atoms with Gasteiger partial charge >= 0.3 is 0 Å². The van der Waals surface area contributed by atoms with Crippen LogP contribution in [0.2, 0.25) is 0 Å². The predicted octanol–water partition coefficient (Wildman–Crippen LogP) is 2.02. The Hall–Kier alpha value is -1.07. The molecule has 1 rings (SSSR count). The highest BCUT2D eigenvalue weighted by Crippen LogP contribution is 2.22. The summed E-state index contributed by atoms with van der Waals surface area (Å²) in [6.45, 7) is 4.91. The van der Waals surface area contributed by atoms with E-state index in [1.165, 1.54) is 0 Å². The van der Waals surface area contributed by atoms with Gasteiger partial charge in [0.25, 0.3) is 0 Å². The molecule has 0 aromatic carbocycles. The van der Waals surface area contributed by atoms with E-state index < -0.39 is 6.04 Å². The number of nitrogens with zero attached hydrogens (tertiary/aromatic N) is 1. The van der Waals surface area contributed by atoms with E-state index in [0.29, 0.717) is 18.9 Å². The summed E-state index contributed by atoms with van der Waals surface area (Å²) in [6.07, 6.45) is 6.36. The summed E-state index contributed by atoms with van der Waals surface area (Å²) in [5, 5.41) is 2.97. The first-order chi connectivity index (χ1) is 9.56. The smallest absolute Gasteiger partial charge is 0.236 e. The van der Waals surface area contributed by atoms with Crippen LogP contribution >= 0.6 is 11.8 Å². The second-order valence-corrected chi connectivity index (χ2v) is 6.26. The lowest BCUT2D eigenvalue weighted by molar-refractivity contribution is -0.122. The normalized spacial score (nSPS) is 14.1. The number of rotatable bonds is 8. The van der Waals surface area contributed by atoms with Crippen molar-refractivity contribution in [2.75, 3.05) is 18.6 Å². The molecule has 0 radical (unpaired) electrons. The van der Waals surface area contributed by atoms with Crippen LogP contribution in [0, 0.1) is 5.92 Å². The van der Waals surface area contributed by atoms with Crippen molar-refractivity contribution in [3.63, 3.8) is 0 Å². The Morgan fingerprint density at radius 2 is 2.25 bits per heavy atom. The molecule has 4 nitrogen and oxygen atoms in total. The van der Waals surface area contributed by atoms with Gasteiger partial charge in [-0.05, 0) is 36.0 Å². The Labute approximate surface area is 125 Å². The largest absolute Gasteiger partial charge is 0.354 e. The van der Waals surface area contributed by atoms with Gasteiger partial charge in [-0.3, -0.25) is 9.78 Å². The van der Waals surface area contributed by atoms with Crippen molar-refractivity contribution in [2.45, 2.75) is 32.2 Å². The second kappa shape index (κ2) is 8.97. The quantitative estimate of drug-likeness (QED) is 0.770. The molecular formula is C15H25N3OS. The maximum absolute atomic E-state index is 11.9. The van der Waals surface area contributed by atoms with Crippen molar-refractivity contribution in [1.29, 1.82) is 0 Å². The number of carbonyl (C=O) groups is 1. The topological polar surface area (TPSA) is 68.0 Å². The van der Waals surface area contributed by atoms with Crippen LogP contribution in [0.1, 0.15) is 31.7 Å². The number of amides is 1. The van der Waals surface area contributed by atoms with Gasteiger partial charge in [0.05, 0.1) is 6.04 Å². The highest BCUT2D eigenvalue weighted by Gasteiger charge is 2.19. The first kappa shape index (κ1) is 17.0. The Morgan fingerprint density at radius 3 is 2.80 bits per heavy atom. The summed E-state index contributed by atoms with van der Waals surface area (Å²) < 4.78 is 0. The van der Waals surface area contributed by atoms with Crippen LogP contribution < -0.4 is 11.1 Å². The molecule has 0 saturated carbocycles. The number of thioether (sulfide) groups is 1. The molecule has 3 N–H and O–H groups in total. The lowest BCUT2D eigenvalue weighted by atomic mass is 9.89. The molecule has 5 heteroatoms. The van der Waals surface area contributed by atoms with Crippen LogP contribution in [-0.2, 0) is 4.79 Å². The molecule has 1 unspecified atom stereocenters. The standard InChI is InChI=1S/C15H25N3OS/c1-11(2)13(12-5-4-7-17-9-12)10-18-15(19)14(16)6-8-20-3/h4-5,7,9,11,13-14H,6,8,10,16H2,1-3H3,(H,18,19)/t13?,14-/m0/s1. The van der Waals surface area contributed by atoms with Crippen LogP contribution in [0.15, 0.2) is 24.5 Å². The fourth-order valence-corrected chi connectivity index (χ4v) is 2.54. The number of nitrogens with two attached hydrogens (primary N) is 1. The Balaban J connectivity index is 2.54. The third-order valence-corrected chi connectivity index (χ3v) is 4.03. The van der Waals surface area contributed by atoms with Gasteiger partial charge < -0.3 is 11.1 Å². The minimum absolute atomic E-state index is 0.0615. The number of hydrogen-bond donors (Lipinski definition) is 2. The van der Waals surface area contributed by atoms with Crippen LogP contribution in [0.3, 0.4) is 0 Å². The predicted molar refractivity (Wildman–Crippen MR) is 85.8 cm³/mol. The zero-order valence-corrected chi connectivity index (χ0v) is 13.3. The number of aromatic nitrogens is 1. The summed E-state index contributed by atoms with van der Waals surface area (Å²) in [6, 6.07) is 3.57. The van der Waals surface area contributed by atoms with E-state index >= 15 is 0 Å². The van der Waals surface area contributed by atoms with Crippen LogP contribution in [0.25, 0.3) is 0 Å². The third-order valence-electron chi connectivity index (χ3n) is 3.38. The lowest BCUT2D eigenvalue weighted by Crippen LogP contribution is -2.42. The van der Waals surface area contributed by atoms with Gasteiger partial charge in [0.1, 0.15) is 0 Å². The molecule has 0 bridgehead atoms. The molecular weight excluding hydrogens is 270 g/mol. The zero-order valence-electron chi connectivity index (χ0n) is 12.5. The molecule has 0 fully saturated rings. The van der Waals surface area contributed by atoms with Gasteiger partial charge in [-0.2, -0.15) is 11.8 Å². The molecule has 0 saturated heterocycles. The molecule has 2 atom stereocenters. The Bertz CT molecular complexity index is 397. The summed E-state index contributed by atoms with van der Waals surface area (Å²) in [5.74, 6) is 1.54. The zero-order chi connectivity index (χ0) is 15.0. The van der Waals surface area contributed by atoms with Crippen molar-refractivity contribution in [1.82, 2.24) is 10.3 Å². The van der Waals surface area contributed by atoms with E-state index in [2.05, 4.69) is 30.2 Å². The fourth-order valence-electron chi connectivity index (χ4n) is 2.05. The van der Waals surface area contributed by atoms with Gasteiger partial charge in [0.15, 0.2) is 0 Å². The first-order valence-corrected chi connectivity index (χ1v) is 8.37. The molecule has 1 aromatic heterocycles. The van der Waals surface area contributed by atoms with Crippen molar-refractivity contribution in [3.8, 4) is 0 Å². The van der Waals surface area contributed by atoms with Gasteiger partial charge in [-0.15, -0.1) is 0 Å². The average Bonchev–Trinajstić information content (AvgIpc) is 2.45. The molecule has 0 spiro atoms. The van der Waals surface area contributed by atoms with Gasteiger partial charge in [0, 0.05) is 24.9 Å². The van der Waals surface area contributed by atoms with Crippen molar-refractivity contribution >= 4 is 17.7 Å². The Kier molecular flexibility index (Phi) is 7.62. The summed E-state index contributed by atoms with van der Waals surface area (Å²) in [5.41, 5.74) is 7.02. The Morgan fingerprint density at radius 1 is 1.50 bits per heavy atom. The summed E-state index contributed by atoms with van der Waals surface area (Å²) in [7, 11) is 0. The maximum Gasteiger partial charge on any atom is 0.236 e. The SMILES string of the molecule is CSCC[C@H](N)C(=O)NCC(c1cccnc1)C(C)C. The molecule has 0 aliphatic rings. The fraction of sp³-hybridized carbons (Fsp3) is 0.600. The first-order valence-electron chi connectivity index (χ1n) is 6.98. The van der Waals surface area contributed by atoms with Crippen LogP contribution in [0.5, 0.6) is 0 Å². The van der Waals surface area contributed by atoms with Crippen LogP contribution in [-0.4, -0.2) is 35.5 Å². The van der Waals surface area contributed by atoms with Crippen molar-refractivity contribution < 1.29 is 4.79 Å². The summed E-state index contributed by atoms with van der Waals surface area (Å²) in [4.78, 5) is 16.1. The van der Waals surface area contributed by atoms with E-state index in [-0.39, 0.29) is 11.8 Å². The number of nitrogens with one attached hydrogen (secondary N) is 1.